The standard InChI is InChI=1S/C18H15BrO/c1-13-3-2-4-14(9-13)12-20-18-8-6-15-10-17(19)7-5-16(15)11-18/h2-11H,12H2,1H3. The smallest absolute Gasteiger partial charge is 0.120 e. The van der Waals surface area contributed by atoms with E-state index in [0.717, 1.165) is 10.2 Å². The Labute approximate surface area is 127 Å². The van der Waals surface area contributed by atoms with Crippen LogP contribution >= 0.6 is 15.9 Å². The molecule has 3 rings (SSSR count). The maximum Gasteiger partial charge on any atom is 0.120 e. The number of halogens is 1. The van der Waals surface area contributed by atoms with Gasteiger partial charge >= 0.3 is 0 Å². The van der Waals surface area contributed by atoms with Crippen molar-refractivity contribution in [2.24, 2.45) is 0 Å². The van der Waals surface area contributed by atoms with E-state index in [9.17, 15) is 0 Å². The second-order valence-corrected chi connectivity index (χ2v) is 5.85. The summed E-state index contributed by atoms with van der Waals surface area (Å²) in [6.45, 7) is 2.70. The van der Waals surface area contributed by atoms with Gasteiger partial charge in [0.25, 0.3) is 0 Å². The van der Waals surface area contributed by atoms with Crippen LogP contribution in [0.3, 0.4) is 0 Å². The highest BCUT2D eigenvalue weighted by atomic mass is 79.9. The van der Waals surface area contributed by atoms with Gasteiger partial charge < -0.3 is 4.74 Å². The van der Waals surface area contributed by atoms with Crippen molar-refractivity contribution < 1.29 is 4.74 Å². The van der Waals surface area contributed by atoms with Gasteiger partial charge in [0.05, 0.1) is 0 Å². The predicted molar refractivity (Wildman–Crippen MR) is 87.2 cm³/mol. The first-order valence-electron chi connectivity index (χ1n) is 6.58. The molecule has 0 radical (unpaired) electrons. The fourth-order valence-corrected chi connectivity index (χ4v) is 2.63. The summed E-state index contributed by atoms with van der Waals surface area (Å²) in [6, 6.07) is 20.8. The van der Waals surface area contributed by atoms with Crippen LogP contribution in [0.5, 0.6) is 5.75 Å². The number of fused-ring (bicyclic) bond motifs is 1. The van der Waals surface area contributed by atoms with Crippen molar-refractivity contribution in [1.29, 1.82) is 0 Å². The van der Waals surface area contributed by atoms with Crippen LogP contribution in [0.1, 0.15) is 11.1 Å². The highest BCUT2D eigenvalue weighted by Crippen LogP contribution is 2.24. The lowest BCUT2D eigenvalue weighted by atomic mass is 10.1. The first-order chi connectivity index (χ1) is 9.70. The van der Waals surface area contributed by atoms with Crippen LogP contribution in [0, 0.1) is 6.92 Å². The minimum Gasteiger partial charge on any atom is -0.489 e. The van der Waals surface area contributed by atoms with Crippen molar-refractivity contribution in [2.45, 2.75) is 13.5 Å². The van der Waals surface area contributed by atoms with E-state index in [1.54, 1.807) is 0 Å². The molecular weight excluding hydrogens is 312 g/mol. The summed E-state index contributed by atoms with van der Waals surface area (Å²) < 4.78 is 6.97. The molecule has 0 N–H and O–H groups in total. The number of rotatable bonds is 3. The van der Waals surface area contributed by atoms with E-state index in [-0.39, 0.29) is 0 Å². The Morgan fingerprint density at radius 1 is 0.900 bits per heavy atom. The Morgan fingerprint density at radius 2 is 1.70 bits per heavy atom. The molecule has 100 valence electrons. The molecule has 0 atom stereocenters. The van der Waals surface area contributed by atoms with E-state index in [0.29, 0.717) is 6.61 Å². The molecule has 0 bridgehead atoms. The molecule has 0 unspecified atom stereocenters. The van der Waals surface area contributed by atoms with E-state index in [1.807, 2.05) is 12.1 Å². The molecule has 0 heterocycles. The van der Waals surface area contributed by atoms with Crippen molar-refractivity contribution >= 4 is 26.7 Å². The van der Waals surface area contributed by atoms with Crippen LogP contribution in [0.4, 0.5) is 0 Å². The molecule has 3 aromatic carbocycles. The molecular formula is C18H15BrO. The summed E-state index contributed by atoms with van der Waals surface area (Å²) in [5.41, 5.74) is 2.45. The van der Waals surface area contributed by atoms with Crippen LogP contribution in [0.2, 0.25) is 0 Å². The van der Waals surface area contributed by atoms with Gasteiger partial charge in [0.15, 0.2) is 0 Å². The first-order valence-corrected chi connectivity index (χ1v) is 7.38. The Hall–Kier alpha value is -1.80. The molecule has 2 heteroatoms. The monoisotopic (exact) mass is 326 g/mol. The first kappa shape index (κ1) is 13.2. The summed E-state index contributed by atoms with van der Waals surface area (Å²) in [5, 5.41) is 2.40. The third kappa shape index (κ3) is 3.02. The van der Waals surface area contributed by atoms with Gasteiger partial charge in [0.2, 0.25) is 0 Å². The molecule has 0 saturated heterocycles. The van der Waals surface area contributed by atoms with E-state index in [2.05, 4.69) is 71.4 Å². The van der Waals surface area contributed by atoms with E-state index in [4.69, 9.17) is 4.74 Å². The van der Waals surface area contributed by atoms with Gasteiger partial charge in [0, 0.05) is 4.47 Å². The average molecular weight is 327 g/mol. The molecule has 0 aromatic heterocycles. The van der Waals surface area contributed by atoms with Crippen LogP contribution in [-0.2, 0) is 6.61 Å². The van der Waals surface area contributed by atoms with Gasteiger partial charge in [-0.2, -0.15) is 0 Å². The third-order valence-electron chi connectivity index (χ3n) is 3.26. The average Bonchev–Trinajstić information content (AvgIpc) is 2.45. The molecule has 0 aliphatic heterocycles. The fraction of sp³-hybridized carbons (Fsp3) is 0.111. The Kier molecular flexibility index (Phi) is 3.75. The van der Waals surface area contributed by atoms with E-state index < -0.39 is 0 Å². The van der Waals surface area contributed by atoms with Gasteiger partial charge in [-0.15, -0.1) is 0 Å². The summed E-state index contributed by atoms with van der Waals surface area (Å²) in [4.78, 5) is 0. The number of ether oxygens (including phenoxy) is 1. The lowest BCUT2D eigenvalue weighted by Crippen LogP contribution is -1.95. The summed E-state index contributed by atoms with van der Waals surface area (Å²) in [5.74, 6) is 0.904. The number of benzene rings is 3. The van der Waals surface area contributed by atoms with Crippen LogP contribution in [0.15, 0.2) is 65.1 Å². The van der Waals surface area contributed by atoms with Crippen molar-refractivity contribution in [2.75, 3.05) is 0 Å². The molecule has 0 amide bonds. The number of hydrogen-bond acceptors (Lipinski definition) is 1. The van der Waals surface area contributed by atoms with Gasteiger partial charge in [-0.05, 0) is 47.5 Å². The Bertz CT molecular complexity index is 749. The zero-order valence-corrected chi connectivity index (χ0v) is 12.9. The molecule has 3 aromatic rings. The fourth-order valence-electron chi connectivity index (χ4n) is 2.25. The summed E-state index contributed by atoms with van der Waals surface area (Å²) >= 11 is 3.49. The van der Waals surface area contributed by atoms with Gasteiger partial charge in [-0.25, -0.2) is 0 Å². The maximum absolute atomic E-state index is 5.87. The highest BCUT2D eigenvalue weighted by molar-refractivity contribution is 9.10. The second-order valence-electron chi connectivity index (χ2n) is 4.93. The number of hydrogen-bond donors (Lipinski definition) is 0. The summed E-state index contributed by atoms with van der Waals surface area (Å²) in [6.07, 6.45) is 0. The molecule has 1 nitrogen and oxygen atoms in total. The van der Waals surface area contributed by atoms with Crippen LogP contribution < -0.4 is 4.74 Å². The minimum absolute atomic E-state index is 0.601. The topological polar surface area (TPSA) is 9.23 Å². The van der Waals surface area contributed by atoms with E-state index >= 15 is 0 Å². The predicted octanol–water partition coefficient (Wildman–Crippen LogP) is 5.49. The largest absolute Gasteiger partial charge is 0.489 e. The van der Waals surface area contributed by atoms with Gasteiger partial charge in [0.1, 0.15) is 12.4 Å². The van der Waals surface area contributed by atoms with Crippen LogP contribution in [-0.4, -0.2) is 0 Å². The zero-order chi connectivity index (χ0) is 13.9. The molecule has 20 heavy (non-hydrogen) atoms. The zero-order valence-electron chi connectivity index (χ0n) is 11.3. The lowest BCUT2D eigenvalue weighted by Gasteiger charge is -2.08. The second kappa shape index (κ2) is 5.68. The Balaban J connectivity index is 1.79. The van der Waals surface area contributed by atoms with Crippen molar-refractivity contribution in [3.05, 3.63) is 76.3 Å². The normalized spacial score (nSPS) is 10.7. The lowest BCUT2D eigenvalue weighted by molar-refractivity contribution is 0.306. The van der Waals surface area contributed by atoms with E-state index in [1.165, 1.54) is 21.9 Å². The quantitative estimate of drug-likeness (QED) is 0.618. The molecule has 0 aliphatic carbocycles. The van der Waals surface area contributed by atoms with Crippen molar-refractivity contribution in [1.82, 2.24) is 0 Å². The van der Waals surface area contributed by atoms with Crippen LogP contribution in [0.25, 0.3) is 10.8 Å². The third-order valence-corrected chi connectivity index (χ3v) is 3.75. The van der Waals surface area contributed by atoms with Crippen molar-refractivity contribution in [3.8, 4) is 5.75 Å². The minimum atomic E-state index is 0.601. The summed E-state index contributed by atoms with van der Waals surface area (Å²) in [7, 11) is 0. The van der Waals surface area contributed by atoms with Gasteiger partial charge in [-0.3, -0.25) is 0 Å². The molecule has 0 fully saturated rings. The highest BCUT2D eigenvalue weighted by Gasteiger charge is 2.00. The Morgan fingerprint density at radius 3 is 2.55 bits per heavy atom. The SMILES string of the molecule is Cc1cccc(COc2ccc3cc(Br)ccc3c2)c1. The van der Waals surface area contributed by atoms with Crippen molar-refractivity contribution in [3.63, 3.8) is 0 Å². The molecule has 0 saturated carbocycles. The maximum atomic E-state index is 5.87. The molecule has 0 spiro atoms. The number of aryl methyl sites for hydroxylation is 1. The molecule has 0 aliphatic rings. The van der Waals surface area contributed by atoms with Gasteiger partial charge in [-0.1, -0.05) is 57.9 Å².